The van der Waals surface area contributed by atoms with Crippen LogP contribution in [0.3, 0.4) is 0 Å². The highest BCUT2D eigenvalue weighted by Crippen LogP contribution is 2.30. The van der Waals surface area contributed by atoms with Gasteiger partial charge in [-0.05, 0) is 26.0 Å². The smallest absolute Gasteiger partial charge is 0.254 e. The summed E-state index contributed by atoms with van der Waals surface area (Å²) in [5.41, 5.74) is 2.32. The van der Waals surface area contributed by atoms with E-state index < -0.39 is 6.04 Å². The van der Waals surface area contributed by atoms with Crippen molar-refractivity contribution in [1.82, 2.24) is 4.90 Å². The van der Waals surface area contributed by atoms with Crippen LogP contribution in [0.1, 0.15) is 22.8 Å². The fourth-order valence-corrected chi connectivity index (χ4v) is 3.30. The lowest BCUT2D eigenvalue weighted by Crippen LogP contribution is -2.57. The van der Waals surface area contributed by atoms with Crippen molar-refractivity contribution in [2.75, 3.05) is 32.2 Å². The van der Waals surface area contributed by atoms with Gasteiger partial charge in [0, 0.05) is 36.9 Å². The van der Waals surface area contributed by atoms with Gasteiger partial charge in [0.1, 0.15) is 17.5 Å². The van der Waals surface area contributed by atoms with Gasteiger partial charge in [0.25, 0.3) is 5.91 Å². The Kier molecular flexibility index (Phi) is 5.35. The Hall–Kier alpha value is -3.02. The molecule has 3 rings (SSSR count). The van der Waals surface area contributed by atoms with E-state index in [1.807, 2.05) is 25.1 Å². The van der Waals surface area contributed by atoms with Gasteiger partial charge in [-0.25, -0.2) is 0 Å². The van der Waals surface area contributed by atoms with Gasteiger partial charge in [-0.15, -0.1) is 0 Å². The number of carbonyl (C=O) groups is 2. The van der Waals surface area contributed by atoms with E-state index in [0.717, 1.165) is 5.56 Å². The third-order valence-electron chi connectivity index (χ3n) is 4.83. The molecule has 2 aromatic carbocycles. The van der Waals surface area contributed by atoms with E-state index >= 15 is 0 Å². The van der Waals surface area contributed by atoms with Crippen molar-refractivity contribution in [3.63, 3.8) is 0 Å². The van der Waals surface area contributed by atoms with Crippen LogP contribution in [0.4, 0.5) is 5.69 Å². The summed E-state index contributed by atoms with van der Waals surface area (Å²) in [6.07, 6.45) is 0. The highest BCUT2D eigenvalue weighted by molar-refractivity contribution is 6.03. The molecule has 1 aliphatic rings. The van der Waals surface area contributed by atoms with Crippen LogP contribution < -0.4 is 14.4 Å². The third-order valence-corrected chi connectivity index (χ3v) is 4.83. The summed E-state index contributed by atoms with van der Waals surface area (Å²) in [4.78, 5) is 29.2. The molecule has 1 atom stereocenters. The predicted octanol–water partition coefficient (Wildman–Crippen LogP) is 2.89. The van der Waals surface area contributed by atoms with Crippen LogP contribution in [-0.2, 0) is 4.79 Å². The number of anilines is 1. The molecule has 142 valence electrons. The average Bonchev–Trinajstić information content (AvgIpc) is 2.69. The summed E-state index contributed by atoms with van der Waals surface area (Å²) in [6, 6.07) is 12.2. The van der Waals surface area contributed by atoms with E-state index in [-0.39, 0.29) is 11.8 Å². The van der Waals surface area contributed by atoms with Gasteiger partial charge in [-0.1, -0.05) is 17.7 Å². The number of methoxy groups -OCH3 is 2. The molecular weight excluding hydrogens is 344 g/mol. The standard InChI is InChI=1S/C21H24N2O4/c1-14-6-5-7-16(10-14)21(25)22-8-9-23(20(24)15(22)2)17-11-18(26-3)13-19(12-17)27-4/h5-7,10-13,15H,8-9H2,1-4H3. The largest absolute Gasteiger partial charge is 0.497 e. The zero-order chi connectivity index (χ0) is 19.6. The molecule has 1 unspecified atom stereocenters. The number of nitrogens with zero attached hydrogens (tertiary/aromatic N) is 2. The number of ether oxygens (including phenoxy) is 2. The number of benzene rings is 2. The van der Waals surface area contributed by atoms with Crippen LogP contribution in [0.2, 0.25) is 0 Å². The Balaban J connectivity index is 1.83. The number of aryl methyl sites for hydroxylation is 1. The molecule has 0 aliphatic carbocycles. The molecule has 2 amide bonds. The molecule has 27 heavy (non-hydrogen) atoms. The second kappa shape index (κ2) is 7.70. The topological polar surface area (TPSA) is 59.1 Å². The third kappa shape index (κ3) is 3.74. The molecule has 0 saturated carbocycles. The SMILES string of the molecule is COc1cc(OC)cc(N2CCN(C(=O)c3cccc(C)c3)C(C)C2=O)c1. The van der Waals surface area contributed by atoms with Gasteiger partial charge >= 0.3 is 0 Å². The first-order chi connectivity index (χ1) is 12.9. The van der Waals surface area contributed by atoms with E-state index in [4.69, 9.17) is 9.47 Å². The van der Waals surface area contributed by atoms with Gasteiger partial charge in [0.2, 0.25) is 5.91 Å². The van der Waals surface area contributed by atoms with Crippen molar-refractivity contribution in [3.8, 4) is 11.5 Å². The second-order valence-corrected chi connectivity index (χ2v) is 6.60. The zero-order valence-electron chi connectivity index (χ0n) is 16.1. The maximum atomic E-state index is 13.0. The average molecular weight is 368 g/mol. The van der Waals surface area contributed by atoms with E-state index in [9.17, 15) is 9.59 Å². The summed E-state index contributed by atoms with van der Waals surface area (Å²) >= 11 is 0. The maximum Gasteiger partial charge on any atom is 0.254 e. The Bertz CT molecular complexity index is 843. The van der Waals surface area contributed by atoms with Crippen molar-refractivity contribution in [2.24, 2.45) is 0 Å². The van der Waals surface area contributed by atoms with E-state index in [0.29, 0.717) is 35.8 Å². The van der Waals surface area contributed by atoms with Gasteiger partial charge in [0.05, 0.1) is 19.9 Å². The van der Waals surface area contributed by atoms with E-state index in [1.165, 1.54) is 0 Å². The molecule has 0 spiro atoms. The van der Waals surface area contributed by atoms with E-state index in [2.05, 4.69) is 0 Å². The molecule has 1 fully saturated rings. The zero-order valence-corrected chi connectivity index (χ0v) is 16.1. The number of piperazine rings is 1. The van der Waals surface area contributed by atoms with Crippen LogP contribution in [0.15, 0.2) is 42.5 Å². The highest BCUT2D eigenvalue weighted by atomic mass is 16.5. The number of rotatable bonds is 4. The Morgan fingerprint density at radius 1 is 1.04 bits per heavy atom. The van der Waals surface area contributed by atoms with Crippen LogP contribution in [0, 0.1) is 6.92 Å². The van der Waals surface area contributed by atoms with Crippen LogP contribution in [0.5, 0.6) is 11.5 Å². The summed E-state index contributed by atoms with van der Waals surface area (Å²) in [5.74, 6) is 0.978. The fraction of sp³-hybridized carbons (Fsp3) is 0.333. The minimum Gasteiger partial charge on any atom is -0.497 e. The summed E-state index contributed by atoms with van der Waals surface area (Å²) in [7, 11) is 3.14. The monoisotopic (exact) mass is 368 g/mol. The van der Waals surface area contributed by atoms with Crippen molar-refractivity contribution in [2.45, 2.75) is 19.9 Å². The molecule has 6 nitrogen and oxygen atoms in total. The first-order valence-electron chi connectivity index (χ1n) is 8.86. The molecule has 1 heterocycles. The summed E-state index contributed by atoms with van der Waals surface area (Å²) < 4.78 is 10.6. The van der Waals surface area contributed by atoms with Gasteiger partial charge in [0.15, 0.2) is 0 Å². The highest BCUT2D eigenvalue weighted by Gasteiger charge is 2.35. The van der Waals surface area contributed by atoms with Crippen LogP contribution >= 0.6 is 0 Å². The summed E-state index contributed by atoms with van der Waals surface area (Å²) in [5, 5.41) is 0. The van der Waals surface area contributed by atoms with Crippen molar-refractivity contribution < 1.29 is 19.1 Å². The predicted molar refractivity (Wildman–Crippen MR) is 104 cm³/mol. The summed E-state index contributed by atoms with van der Waals surface area (Å²) in [6.45, 7) is 4.58. The lowest BCUT2D eigenvalue weighted by molar-refractivity contribution is -0.124. The number of carbonyl (C=O) groups excluding carboxylic acids is 2. The minimum atomic E-state index is -0.552. The van der Waals surface area contributed by atoms with Crippen molar-refractivity contribution in [1.29, 1.82) is 0 Å². The molecule has 0 bridgehead atoms. The molecule has 1 saturated heterocycles. The lowest BCUT2D eigenvalue weighted by atomic mass is 10.1. The molecule has 0 aromatic heterocycles. The molecular formula is C21H24N2O4. The van der Waals surface area contributed by atoms with Gasteiger partial charge in [-0.2, -0.15) is 0 Å². The van der Waals surface area contributed by atoms with Crippen molar-refractivity contribution >= 4 is 17.5 Å². The van der Waals surface area contributed by atoms with Gasteiger partial charge < -0.3 is 19.3 Å². The van der Waals surface area contributed by atoms with Gasteiger partial charge in [-0.3, -0.25) is 9.59 Å². The molecule has 6 heteroatoms. The number of hydrogen-bond donors (Lipinski definition) is 0. The maximum absolute atomic E-state index is 13.0. The number of hydrogen-bond acceptors (Lipinski definition) is 4. The molecule has 0 radical (unpaired) electrons. The Labute approximate surface area is 159 Å². The number of amides is 2. The van der Waals surface area contributed by atoms with E-state index in [1.54, 1.807) is 55.2 Å². The first kappa shape index (κ1) is 18.8. The molecule has 2 aromatic rings. The Morgan fingerprint density at radius 2 is 1.70 bits per heavy atom. The molecule has 1 aliphatic heterocycles. The van der Waals surface area contributed by atoms with Crippen LogP contribution in [0.25, 0.3) is 0 Å². The minimum absolute atomic E-state index is 0.123. The first-order valence-corrected chi connectivity index (χ1v) is 8.86. The second-order valence-electron chi connectivity index (χ2n) is 6.60. The Morgan fingerprint density at radius 3 is 2.30 bits per heavy atom. The van der Waals surface area contributed by atoms with Crippen molar-refractivity contribution in [3.05, 3.63) is 53.6 Å². The fourth-order valence-electron chi connectivity index (χ4n) is 3.30. The lowest BCUT2D eigenvalue weighted by Gasteiger charge is -2.39. The quantitative estimate of drug-likeness (QED) is 0.833. The normalized spacial score (nSPS) is 17.0. The molecule has 0 N–H and O–H groups in total. The van der Waals surface area contributed by atoms with Crippen LogP contribution in [-0.4, -0.2) is 50.1 Å².